The van der Waals surface area contributed by atoms with E-state index in [4.69, 9.17) is 5.21 Å². The summed E-state index contributed by atoms with van der Waals surface area (Å²) in [6.45, 7) is 2.28. The van der Waals surface area contributed by atoms with Crippen LogP contribution in [0.3, 0.4) is 0 Å². The van der Waals surface area contributed by atoms with Crippen molar-refractivity contribution >= 4 is 18.0 Å². The van der Waals surface area contributed by atoms with Crippen LogP contribution < -0.4 is 0 Å². The molecule has 120 valence electrons. The van der Waals surface area contributed by atoms with Gasteiger partial charge in [-0.15, -0.1) is 5.16 Å². The Morgan fingerprint density at radius 3 is 1.70 bits per heavy atom. The second-order valence-electron chi connectivity index (χ2n) is 5.72. The van der Waals surface area contributed by atoms with Gasteiger partial charge in [-0.1, -0.05) is 84.0 Å². The number of hydrogen-bond acceptors (Lipinski definition) is 3. The molecule has 20 heavy (non-hydrogen) atoms. The van der Waals surface area contributed by atoms with Crippen LogP contribution in [0.25, 0.3) is 0 Å². The van der Waals surface area contributed by atoms with Gasteiger partial charge in [-0.25, -0.2) is 0 Å². The molecule has 0 unspecified atom stereocenters. The van der Waals surface area contributed by atoms with Gasteiger partial charge in [0.25, 0.3) is 0 Å². The Morgan fingerprint density at radius 2 is 1.30 bits per heavy atom. The van der Waals surface area contributed by atoms with Crippen LogP contribution in [0.2, 0.25) is 0 Å². The normalized spacial score (nSPS) is 13.1. The highest BCUT2D eigenvalue weighted by molar-refractivity contribution is 7.99. The highest BCUT2D eigenvalue weighted by atomic mass is 32.2. The van der Waals surface area contributed by atoms with E-state index in [1.54, 1.807) is 18.0 Å². The fourth-order valence-electron chi connectivity index (χ4n) is 2.51. The first-order chi connectivity index (χ1) is 9.85. The quantitative estimate of drug-likeness (QED) is 0.167. The summed E-state index contributed by atoms with van der Waals surface area (Å²) in [5, 5.41) is 12.0. The Morgan fingerprint density at radius 1 is 0.850 bits per heavy atom. The van der Waals surface area contributed by atoms with E-state index >= 15 is 0 Å². The van der Waals surface area contributed by atoms with E-state index in [0.717, 1.165) is 6.42 Å². The first kappa shape index (κ1) is 19.8. The van der Waals surface area contributed by atoms with Crippen LogP contribution in [0, 0.1) is 0 Å². The monoisotopic (exact) mass is 301 g/mol. The van der Waals surface area contributed by atoms with E-state index in [9.17, 15) is 0 Å². The molecule has 0 aliphatic carbocycles. The minimum absolute atomic E-state index is 0.392. The van der Waals surface area contributed by atoms with Gasteiger partial charge in [-0.2, -0.15) is 11.8 Å². The molecule has 0 amide bonds. The molecule has 0 aliphatic heterocycles. The summed E-state index contributed by atoms with van der Waals surface area (Å²) >= 11 is 1.77. The van der Waals surface area contributed by atoms with Crippen molar-refractivity contribution in [2.75, 3.05) is 6.26 Å². The molecule has 1 N–H and O–H groups in total. The average molecular weight is 302 g/mol. The fraction of sp³-hybridized carbons (Fsp3) is 0.941. The minimum atomic E-state index is 0.392. The molecular weight excluding hydrogens is 266 g/mol. The van der Waals surface area contributed by atoms with Gasteiger partial charge < -0.3 is 5.21 Å². The molecule has 1 atom stereocenters. The fourth-order valence-corrected chi connectivity index (χ4v) is 3.09. The maximum Gasteiger partial charge on any atom is 0.0565 e. The van der Waals surface area contributed by atoms with Crippen LogP contribution in [-0.4, -0.2) is 22.9 Å². The zero-order valence-electron chi connectivity index (χ0n) is 13.6. The Labute approximate surface area is 130 Å². The first-order valence-electron chi connectivity index (χ1n) is 8.55. The van der Waals surface area contributed by atoms with Gasteiger partial charge in [0.05, 0.1) is 6.21 Å². The largest absolute Gasteiger partial charge is 0.411 e. The molecule has 0 saturated carbocycles. The highest BCUT2D eigenvalue weighted by Gasteiger charge is 2.03. The van der Waals surface area contributed by atoms with Gasteiger partial charge in [-0.3, -0.25) is 0 Å². The summed E-state index contributed by atoms with van der Waals surface area (Å²) in [4.78, 5) is 0. The third-order valence-electron chi connectivity index (χ3n) is 3.88. The molecule has 0 heterocycles. The molecule has 0 aromatic carbocycles. The standard InChI is InChI=1S/C17H35NOS/c1-3-4-5-6-7-8-9-10-11-12-13-14-15-17(20-2)16-18-19/h16-17,19H,3-15H2,1-2H3/b18-16+/t17-/m0/s1. The van der Waals surface area contributed by atoms with Crippen LogP contribution in [0.4, 0.5) is 0 Å². The number of thioether (sulfide) groups is 1. The maximum absolute atomic E-state index is 8.52. The molecule has 0 radical (unpaired) electrons. The summed E-state index contributed by atoms with van der Waals surface area (Å²) in [5.74, 6) is 0. The van der Waals surface area contributed by atoms with Crippen molar-refractivity contribution in [2.24, 2.45) is 5.16 Å². The molecule has 0 aliphatic rings. The molecule has 2 nitrogen and oxygen atoms in total. The maximum atomic E-state index is 8.52. The van der Waals surface area contributed by atoms with Crippen molar-refractivity contribution in [3.63, 3.8) is 0 Å². The topological polar surface area (TPSA) is 32.6 Å². The van der Waals surface area contributed by atoms with Crippen LogP contribution in [0.15, 0.2) is 5.16 Å². The zero-order valence-corrected chi connectivity index (χ0v) is 14.5. The molecule has 0 saturated heterocycles. The van der Waals surface area contributed by atoms with Crippen LogP contribution in [0.5, 0.6) is 0 Å². The minimum Gasteiger partial charge on any atom is -0.411 e. The third-order valence-corrected chi connectivity index (χ3v) is 4.84. The smallest absolute Gasteiger partial charge is 0.0565 e. The predicted molar refractivity (Wildman–Crippen MR) is 93.3 cm³/mol. The van der Waals surface area contributed by atoms with Crippen LogP contribution in [0.1, 0.15) is 90.4 Å². The van der Waals surface area contributed by atoms with Gasteiger partial charge in [0.1, 0.15) is 0 Å². The molecule has 0 aromatic heterocycles. The SMILES string of the molecule is CCCCCCCCCCCCCC[C@@H](/C=N/O)SC. The lowest BCUT2D eigenvalue weighted by Crippen LogP contribution is -2.03. The lowest BCUT2D eigenvalue weighted by molar-refractivity contribution is 0.320. The van der Waals surface area contributed by atoms with E-state index in [2.05, 4.69) is 18.3 Å². The summed E-state index contributed by atoms with van der Waals surface area (Å²) in [7, 11) is 0. The van der Waals surface area contributed by atoms with E-state index in [1.807, 2.05) is 0 Å². The number of oxime groups is 1. The summed E-state index contributed by atoms with van der Waals surface area (Å²) in [6.07, 6.45) is 21.6. The van der Waals surface area contributed by atoms with E-state index < -0.39 is 0 Å². The van der Waals surface area contributed by atoms with E-state index in [1.165, 1.54) is 77.0 Å². The number of nitrogens with zero attached hydrogens (tertiary/aromatic N) is 1. The second-order valence-corrected chi connectivity index (χ2v) is 6.79. The van der Waals surface area contributed by atoms with Gasteiger partial charge in [0.2, 0.25) is 0 Å². The van der Waals surface area contributed by atoms with Gasteiger partial charge in [-0.05, 0) is 12.7 Å². The average Bonchev–Trinajstić information content (AvgIpc) is 2.47. The molecule has 0 bridgehead atoms. The Hall–Kier alpha value is -0.180. The Bertz CT molecular complexity index is 209. The third kappa shape index (κ3) is 14.2. The van der Waals surface area contributed by atoms with Crippen LogP contribution >= 0.6 is 11.8 Å². The van der Waals surface area contributed by atoms with Gasteiger partial charge in [0, 0.05) is 5.25 Å². The zero-order chi connectivity index (χ0) is 14.9. The van der Waals surface area contributed by atoms with Crippen molar-refractivity contribution in [1.29, 1.82) is 0 Å². The number of unbranched alkanes of at least 4 members (excludes halogenated alkanes) is 11. The molecule has 0 aromatic rings. The lowest BCUT2D eigenvalue weighted by Gasteiger charge is -2.07. The molecule has 3 heteroatoms. The van der Waals surface area contributed by atoms with Crippen molar-refractivity contribution in [3.05, 3.63) is 0 Å². The Balaban J connectivity index is 3.13. The summed E-state index contributed by atoms with van der Waals surface area (Å²) < 4.78 is 0. The van der Waals surface area contributed by atoms with Gasteiger partial charge in [0.15, 0.2) is 0 Å². The van der Waals surface area contributed by atoms with Crippen molar-refractivity contribution in [2.45, 2.75) is 95.6 Å². The van der Waals surface area contributed by atoms with E-state index in [-0.39, 0.29) is 0 Å². The predicted octanol–water partition coefficient (Wildman–Crippen LogP) is 6.27. The number of rotatable bonds is 15. The molecule has 0 rings (SSSR count). The highest BCUT2D eigenvalue weighted by Crippen LogP contribution is 2.16. The number of hydrogen-bond donors (Lipinski definition) is 1. The van der Waals surface area contributed by atoms with Crippen molar-refractivity contribution in [3.8, 4) is 0 Å². The lowest BCUT2D eigenvalue weighted by atomic mass is 10.0. The summed E-state index contributed by atoms with van der Waals surface area (Å²) in [5.41, 5.74) is 0. The van der Waals surface area contributed by atoms with Gasteiger partial charge >= 0.3 is 0 Å². The Kier molecular flexibility index (Phi) is 16.7. The van der Waals surface area contributed by atoms with Crippen molar-refractivity contribution in [1.82, 2.24) is 0 Å². The molecule has 0 fully saturated rings. The van der Waals surface area contributed by atoms with Crippen molar-refractivity contribution < 1.29 is 5.21 Å². The first-order valence-corrected chi connectivity index (χ1v) is 9.84. The second kappa shape index (κ2) is 16.9. The molecule has 0 spiro atoms. The van der Waals surface area contributed by atoms with Crippen LogP contribution in [-0.2, 0) is 0 Å². The molecular formula is C17H35NOS. The summed E-state index contributed by atoms with van der Waals surface area (Å²) in [6, 6.07) is 0. The van der Waals surface area contributed by atoms with E-state index in [0.29, 0.717) is 5.25 Å².